The summed E-state index contributed by atoms with van der Waals surface area (Å²) in [6, 6.07) is 5.93. The lowest BCUT2D eigenvalue weighted by Crippen LogP contribution is -2.31. The van der Waals surface area contributed by atoms with Gasteiger partial charge in [0, 0.05) is 32.8 Å². The van der Waals surface area contributed by atoms with E-state index < -0.39 is 0 Å². The van der Waals surface area contributed by atoms with E-state index in [0.29, 0.717) is 17.5 Å². The SMILES string of the molecule is CN1C(=O)C[C@@H](Nc2nc3cc(F)ccc3o2)[C@@H]1c1ccnn1C. The van der Waals surface area contributed by atoms with Crippen LogP contribution in [0.25, 0.3) is 11.1 Å². The number of hydrogen-bond acceptors (Lipinski definition) is 5. The molecule has 3 aromatic rings. The number of aryl methyl sites for hydroxylation is 1. The van der Waals surface area contributed by atoms with Gasteiger partial charge in [-0.25, -0.2) is 4.39 Å². The molecule has 1 fully saturated rings. The number of aromatic nitrogens is 3. The molecule has 124 valence electrons. The molecule has 1 saturated heterocycles. The summed E-state index contributed by atoms with van der Waals surface area (Å²) in [5.41, 5.74) is 1.85. The molecule has 1 aliphatic heterocycles. The van der Waals surface area contributed by atoms with Gasteiger partial charge >= 0.3 is 0 Å². The summed E-state index contributed by atoms with van der Waals surface area (Å²) in [5.74, 6) is -0.341. The maximum absolute atomic E-state index is 13.3. The highest BCUT2D eigenvalue weighted by Gasteiger charge is 2.40. The number of oxazole rings is 1. The third kappa shape index (κ3) is 2.31. The van der Waals surface area contributed by atoms with Gasteiger partial charge in [-0.3, -0.25) is 9.48 Å². The van der Waals surface area contributed by atoms with Crippen molar-refractivity contribution < 1.29 is 13.6 Å². The summed E-state index contributed by atoms with van der Waals surface area (Å²) >= 11 is 0. The van der Waals surface area contributed by atoms with Crippen LogP contribution < -0.4 is 5.32 Å². The van der Waals surface area contributed by atoms with Crippen LogP contribution in [-0.4, -0.2) is 38.7 Å². The Morgan fingerprint density at radius 1 is 1.33 bits per heavy atom. The van der Waals surface area contributed by atoms with Crippen molar-refractivity contribution in [3.05, 3.63) is 42.0 Å². The summed E-state index contributed by atoms with van der Waals surface area (Å²) in [6.45, 7) is 0. The topological polar surface area (TPSA) is 76.2 Å². The molecule has 2 aromatic heterocycles. The molecule has 2 atom stereocenters. The van der Waals surface area contributed by atoms with Crippen LogP contribution in [0.5, 0.6) is 0 Å². The van der Waals surface area contributed by atoms with Gasteiger partial charge in [0.05, 0.1) is 17.8 Å². The van der Waals surface area contributed by atoms with Crippen molar-refractivity contribution in [1.82, 2.24) is 19.7 Å². The van der Waals surface area contributed by atoms with E-state index in [-0.39, 0.29) is 29.8 Å². The third-order valence-electron chi connectivity index (χ3n) is 4.41. The lowest BCUT2D eigenvalue weighted by molar-refractivity contribution is -0.127. The molecule has 0 saturated carbocycles. The summed E-state index contributed by atoms with van der Waals surface area (Å²) in [6.07, 6.45) is 2.02. The van der Waals surface area contributed by atoms with Crippen molar-refractivity contribution in [2.45, 2.75) is 18.5 Å². The molecule has 1 aliphatic rings. The highest BCUT2D eigenvalue weighted by atomic mass is 19.1. The standard InChI is InChI=1S/C16H16FN5O2/c1-21-14(23)8-11(15(21)12-5-6-18-22(12)2)20-16-19-10-7-9(17)3-4-13(10)24-16/h3-7,11,15H,8H2,1-2H3,(H,19,20)/t11-,15-/m1/s1. The van der Waals surface area contributed by atoms with Gasteiger partial charge in [-0.05, 0) is 18.2 Å². The molecule has 1 amide bonds. The fraction of sp³-hybridized carbons (Fsp3) is 0.312. The Morgan fingerprint density at radius 3 is 2.92 bits per heavy atom. The van der Waals surface area contributed by atoms with E-state index in [4.69, 9.17) is 4.42 Å². The number of likely N-dealkylation sites (tertiary alicyclic amines) is 1. The number of carbonyl (C=O) groups is 1. The molecule has 7 nitrogen and oxygen atoms in total. The molecule has 0 bridgehead atoms. The second-order valence-corrected chi connectivity index (χ2v) is 5.92. The number of fused-ring (bicyclic) bond motifs is 1. The van der Waals surface area contributed by atoms with E-state index in [1.54, 1.807) is 22.8 Å². The predicted octanol–water partition coefficient (Wildman–Crippen LogP) is 2.08. The lowest BCUT2D eigenvalue weighted by Gasteiger charge is -2.25. The van der Waals surface area contributed by atoms with Gasteiger partial charge in [-0.2, -0.15) is 10.1 Å². The Balaban J connectivity index is 1.66. The van der Waals surface area contributed by atoms with Crippen LogP contribution in [0.1, 0.15) is 18.2 Å². The van der Waals surface area contributed by atoms with Crippen LogP contribution in [-0.2, 0) is 11.8 Å². The van der Waals surface area contributed by atoms with Crippen molar-refractivity contribution in [1.29, 1.82) is 0 Å². The molecule has 0 unspecified atom stereocenters. The molecular formula is C16H16FN5O2. The minimum absolute atomic E-state index is 0.0286. The van der Waals surface area contributed by atoms with E-state index in [2.05, 4.69) is 15.4 Å². The maximum atomic E-state index is 13.3. The number of halogens is 1. The summed E-state index contributed by atoms with van der Waals surface area (Å²) in [7, 11) is 3.61. The van der Waals surface area contributed by atoms with Crippen molar-refractivity contribution in [2.75, 3.05) is 12.4 Å². The largest absolute Gasteiger partial charge is 0.424 e. The summed E-state index contributed by atoms with van der Waals surface area (Å²) in [5, 5.41) is 7.35. The predicted molar refractivity (Wildman–Crippen MR) is 84.7 cm³/mol. The van der Waals surface area contributed by atoms with Crippen LogP contribution in [0.3, 0.4) is 0 Å². The molecular weight excluding hydrogens is 313 g/mol. The highest BCUT2D eigenvalue weighted by molar-refractivity contribution is 5.81. The first kappa shape index (κ1) is 14.7. The smallest absolute Gasteiger partial charge is 0.296 e. The summed E-state index contributed by atoms with van der Waals surface area (Å²) < 4.78 is 20.6. The fourth-order valence-corrected chi connectivity index (χ4v) is 3.20. The zero-order valence-corrected chi connectivity index (χ0v) is 13.2. The van der Waals surface area contributed by atoms with Crippen LogP contribution >= 0.6 is 0 Å². The van der Waals surface area contributed by atoms with Gasteiger partial charge in [0.2, 0.25) is 5.91 Å². The van der Waals surface area contributed by atoms with Crippen molar-refractivity contribution in [3.8, 4) is 0 Å². The second kappa shape index (κ2) is 5.33. The number of likely N-dealkylation sites (N-methyl/N-ethyl adjacent to an activating group) is 1. The second-order valence-electron chi connectivity index (χ2n) is 5.92. The van der Waals surface area contributed by atoms with Crippen molar-refractivity contribution >= 4 is 23.0 Å². The maximum Gasteiger partial charge on any atom is 0.296 e. The first-order valence-corrected chi connectivity index (χ1v) is 7.59. The van der Waals surface area contributed by atoms with E-state index in [1.807, 2.05) is 13.1 Å². The number of benzene rings is 1. The van der Waals surface area contributed by atoms with Crippen molar-refractivity contribution in [3.63, 3.8) is 0 Å². The third-order valence-corrected chi connectivity index (χ3v) is 4.41. The van der Waals surface area contributed by atoms with Gasteiger partial charge in [0.25, 0.3) is 6.01 Å². The Labute approximate surface area is 137 Å². The molecule has 4 rings (SSSR count). The number of rotatable bonds is 3. The quantitative estimate of drug-likeness (QED) is 0.796. The first-order chi connectivity index (χ1) is 11.5. The molecule has 0 radical (unpaired) electrons. The number of anilines is 1. The average Bonchev–Trinajstić information content (AvgIpc) is 3.19. The molecule has 1 aromatic carbocycles. The molecule has 0 aliphatic carbocycles. The van der Waals surface area contributed by atoms with E-state index >= 15 is 0 Å². The van der Waals surface area contributed by atoms with E-state index in [1.165, 1.54) is 18.2 Å². The first-order valence-electron chi connectivity index (χ1n) is 7.59. The molecule has 3 heterocycles. The zero-order valence-electron chi connectivity index (χ0n) is 13.2. The number of carbonyl (C=O) groups excluding carboxylic acids is 1. The minimum Gasteiger partial charge on any atom is -0.424 e. The van der Waals surface area contributed by atoms with Gasteiger partial charge < -0.3 is 14.6 Å². The number of nitrogens with one attached hydrogen (secondary N) is 1. The lowest BCUT2D eigenvalue weighted by atomic mass is 10.1. The Morgan fingerprint density at radius 2 is 2.17 bits per heavy atom. The number of nitrogens with zero attached hydrogens (tertiary/aromatic N) is 4. The summed E-state index contributed by atoms with van der Waals surface area (Å²) in [4.78, 5) is 18.1. The average molecular weight is 329 g/mol. The van der Waals surface area contributed by atoms with Crippen LogP contribution in [0, 0.1) is 5.82 Å². The van der Waals surface area contributed by atoms with Gasteiger partial charge in [-0.1, -0.05) is 0 Å². The minimum atomic E-state index is -0.370. The number of hydrogen-bond donors (Lipinski definition) is 1. The molecule has 1 N–H and O–H groups in total. The fourth-order valence-electron chi connectivity index (χ4n) is 3.20. The van der Waals surface area contributed by atoms with E-state index in [9.17, 15) is 9.18 Å². The highest BCUT2D eigenvalue weighted by Crippen LogP contribution is 2.34. The molecule has 0 spiro atoms. The van der Waals surface area contributed by atoms with E-state index in [0.717, 1.165) is 5.69 Å². The van der Waals surface area contributed by atoms with Crippen LogP contribution in [0.4, 0.5) is 10.4 Å². The Hall–Kier alpha value is -2.90. The van der Waals surface area contributed by atoms with Crippen LogP contribution in [0.15, 0.2) is 34.9 Å². The number of amides is 1. The van der Waals surface area contributed by atoms with Gasteiger partial charge in [0.15, 0.2) is 5.58 Å². The van der Waals surface area contributed by atoms with Crippen LogP contribution in [0.2, 0.25) is 0 Å². The van der Waals surface area contributed by atoms with Crippen molar-refractivity contribution in [2.24, 2.45) is 7.05 Å². The Bertz CT molecular complexity index is 918. The molecule has 24 heavy (non-hydrogen) atoms. The van der Waals surface area contributed by atoms with Gasteiger partial charge in [-0.15, -0.1) is 0 Å². The molecule has 8 heteroatoms. The zero-order chi connectivity index (χ0) is 16.8. The van der Waals surface area contributed by atoms with Gasteiger partial charge in [0.1, 0.15) is 11.3 Å². The normalized spacial score (nSPS) is 21.0. The monoisotopic (exact) mass is 329 g/mol. The Kier molecular flexibility index (Phi) is 3.26.